The van der Waals surface area contributed by atoms with Gasteiger partial charge in [-0.2, -0.15) is 0 Å². The highest BCUT2D eigenvalue weighted by atomic mass is 19.1. The Kier molecular flexibility index (Phi) is 5.33. The van der Waals surface area contributed by atoms with Gasteiger partial charge in [-0.15, -0.1) is 0 Å². The van der Waals surface area contributed by atoms with Gasteiger partial charge in [-0.25, -0.2) is 4.39 Å². The van der Waals surface area contributed by atoms with Crippen LogP contribution in [0.1, 0.15) is 44.7 Å². The van der Waals surface area contributed by atoms with Crippen LogP contribution in [-0.4, -0.2) is 6.54 Å². The summed E-state index contributed by atoms with van der Waals surface area (Å²) in [4.78, 5) is 0. The Bertz CT molecular complexity index is 286. The van der Waals surface area contributed by atoms with Crippen molar-refractivity contribution in [3.63, 3.8) is 0 Å². The third-order valence-corrected chi connectivity index (χ3v) is 2.60. The van der Waals surface area contributed by atoms with Gasteiger partial charge >= 0.3 is 0 Å². The molecule has 0 saturated heterocycles. The summed E-state index contributed by atoms with van der Waals surface area (Å²) in [7, 11) is 0. The summed E-state index contributed by atoms with van der Waals surface area (Å²) in [5, 5.41) is 3.33. The maximum Gasteiger partial charge on any atom is 0.127 e. The molecule has 1 aromatic rings. The molecule has 0 fully saturated rings. The summed E-state index contributed by atoms with van der Waals surface area (Å²) < 4.78 is 13.4. The minimum absolute atomic E-state index is 0.100. The molecule has 0 saturated carbocycles. The number of unbranched alkanes of at least 4 members (excludes halogenated alkanes) is 2. The van der Waals surface area contributed by atoms with E-state index in [-0.39, 0.29) is 11.9 Å². The predicted molar refractivity (Wildman–Crippen MR) is 62.3 cm³/mol. The average Bonchev–Trinajstić information content (AvgIpc) is 2.25. The molecule has 1 aromatic carbocycles. The minimum atomic E-state index is -0.118. The molecule has 0 bridgehead atoms. The monoisotopic (exact) mass is 209 g/mol. The van der Waals surface area contributed by atoms with Gasteiger partial charge < -0.3 is 5.32 Å². The number of hydrogen-bond acceptors (Lipinski definition) is 1. The smallest absolute Gasteiger partial charge is 0.127 e. The Morgan fingerprint density at radius 1 is 1.27 bits per heavy atom. The zero-order valence-electron chi connectivity index (χ0n) is 9.59. The third kappa shape index (κ3) is 4.00. The summed E-state index contributed by atoms with van der Waals surface area (Å²) in [6, 6.07) is 7.06. The Hall–Kier alpha value is -0.890. The lowest BCUT2D eigenvalue weighted by Crippen LogP contribution is -2.20. The Balaban J connectivity index is 2.40. The van der Waals surface area contributed by atoms with Gasteiger partial charge in [-0.3, -0.25) is 0 Å². The fraction of sp³-hybridized carbons (Fsp3) is 0.538. The van der Waals surface area contributed by atoms with Crippen molar-refractivity contribution < 1.29 is 4.39 Å². The molecule has 84 valence electrons. The molecule has 1 N–H and O–H groups in total. The van der Waals surface area contributed by atoms with E-state index in [4.69, 9.17) is 0 Å². The molecule has 0 aliphatic rings. The summed E-state index contributed by atoms with van der Waals surface area (Å²) in [6.45, 7) is 5.15. The molecule has 0 aliphatic carbocycles. The molecule has 0 aliphatic heterocycles. The Morgan fingerprint density at radius 3 is 2.67 bits per heavy atom. The van der Waals surface area contributed by atoms with Gasteiger partial charge in [0.15, 0.2) is 0 Å². The highest BCUT2D eigenvalue weighted by Crippen LogP contribution is 2.15. The summed E-state index contributed by atoms with van der Waals surface area (Å²) >= 11 is 0. The van der Waals surface area contributed by atoms with Crippen molar-refractivity contribution in [1.82, 2.24) is 5.32 Å². The van der Waals surface area contributed by atoms with E-state index in [1.54, 1.807) is 6.07 Å². The molecular formula is C13H20FN. The van der Waals surface area contributed by atoms with Gasteiger partial charge in [-0.1, -0.05) is 38.0 Å². The maximum absolute atomic E-state index is 13.4. The van der Waals surface area contributed by atoms with E-state index in [0.29, 0.717) is 0 Å². The van der Waals surface area contributed by atoms with Crippen molar-refractivity contribution in [2.75, 3.05) is 6.54 Å². The first-order valence-corrected chi connectivity index (χ1v) is 5.73. The molecule has 0 radical (unpaired) electrons. The van der Waals surface area contributed by atoms with Crippen LogP contribution in [0.4, 0.5) is 4.39 Å². The van der Waals surface area contributed by atoms with E-state index in [2.05, 4.69) is 12.2 Å². The van der Waals surface area contributed by atoms with Crippen molar-refractivity contribution >= 4 is 0 Å². The topological polar surface area (TPSA) is 12.0 Å². The van der Waals surface area contributed by atoms with Crippen molar-refractivity contribution in [2.45, 2.75) is 39.2 Å². The molecule has 2 heteroatoms. The van der Waals surface area contributed by atoms with Gasteiger partial charge in [0.1, 0.15) is 5.82 Å². The molecule has 0 amide bonds. The number of halogens is 1. The SMILES string of the molecule is CCCCCN[C@H](C)c1ccccc1F. The van der Waals surface area contributed by atoms with Crippen LogP contribution in [0, 0.1) is 5.82 Å². The van der Waals surface area contributed by atoms with Crippen LogP contribution < -0.4 is 5.32 Å². The largest absolute Gasteiger partial charge is 0.310 e. The van der Waals surface area contributed by atoms with Gasteiger partial charge in [0.05, 0.1) is 0 Å². The van der Waals surface area contributed by atoms with E-state index < -0.39 is 0 Å². The maximum atomic E-state index is 13.4. The van der Waals surface area contributed by atoms with Crippen molar-refractivity contribution in [2.24, 2.45) is 0 Å². The van der Waals surface area contributed by atoms with Crippen LogP contribution in [0.15, 0.2) is 24.3 Å². The first-order chi connectivity index (χ1) is 7.25. The molecule has 0 aromatic heterocycles. The lowest BCUT2D eigenvalue weighted by molar-refractivity contribution is 0.513. The highest BCUT2D eigenvalue weighted by Gasteiger charge is 2.08. The van der Waals surface area contributed by atoms with Crippen molar-refractivity contribution in [3.8, 4) is 0 Å². The average molecular weight is 209 g/mol. The number of hydrogen-bond donors (Lipinski definition) is 1. The highest BCUT2D eigenvalue weighted by molar-refractivity contribution is 5.20. The first kappa shape index (κ1) is 12.2. The number of rotatable bonds is 6. The second-order valence-electron chi connectivity index (χ2n) is 3.90. The fourth-order valence-corrected chi connectivity index (χ4v) is 1.63. The van der Waals surface area contributed by atoms with Crippen molar-refractivity contribution in [3.05, 3.63) is 35.6 Å². The van der Waals surface area contributed by atoms with E-state index in [9.17, 15) is 4.39 Å². The van der Waals surface area contributed by atoms with Gasteiger partial charge in [0.2, 0.25) is 0 Å². The molecule has 1 nitrogen and oxygen atoms in total. The fourth-order valence-electron chi connectivity index (χ4n) is 1.63. The van der Waals surface area contributed by atoms with Crippen LogP contribution in [0.25, 0.3) is 0 Å². The molecule has 15 heavy (non-hydrogen) atoms. The molecule has 0 unspecified atom stereocenters. The summed E-state index contributed by atoms with van der Waals surface area (Å²) in [5.74, 6) is -0.118. The normalized spacial score (nSPS) is 12.7. The van der Waals surface area contributed by atoms with E-state index in [0.717, 1.165) is 18.5 Å². The van der Waals surface area contributed by atoms with Crippen LogP contribution >= 0.6 is 0 Å². The number of nitrogens with one attached hydrogen (secondary N) is 1. The zero-order chi connectivity index (χ0) is 11.1. The standard InChI is InChI=1S/C13H20FN/c1-3-4-7-10-15-11(2)12-8-5-6-9-13(12)14/h5-6,8-9,11,15H,3-4,7,10H2,1-2H3/t11-/m1/s1. The van der Waals surface area contributed by atoms with E-state index in [1.165, 1.54) is 18.9 Å². The quantitative estimate of drug-likeness (QED) is 0.705. The molecule has 0 spiro atoms. The Labute approximate surface area is 91.7 Å². The zero-order valence-corrected chi connectivity index (χ0v) is 9.59. The minimum Gasteiger partial charge on any atom is -0.310 e. The summed E-state index contributed by atoms with van der Waals surface area (Å²) in [5.41, 5.74) is 0.758. The van der Waals surface area contributed by atoms with Crippen LogP contribution in [0.5, 0.6) is 0 Å². The lowest BCUT2D eigenvalue weighted by Gasteiger charge is -2.14. The lowest BCUT2D eigenvalue weighted by atomic mass is 10.1. The van der Waals surface area contributed by atoms with Crippen LogP contribution in [0.2, 0.25) is 0 Å². The van der Waals surface area contributed by atoms with Gasteiger partial charge in [0, 0.05) is 11.6 Å². The van der Waals surface area contributed by atoms with E-state index in [1.807, 2.05) is 19.1 Å². The third-order valence-electron chi connectivity index (χ3n) is 2.60. The van der Waals surface area contributed by atoms with Gasteiger partial charge in [-0.05, 0) is 26.0 Å². The summed E-state index contributed by atoms with van der Waals surface area (Å²) in [6.07, 6.45) is 3.61. The molecule has 0 heterocycles. The second kappa shape index (κ2) is 6.57. The van der Waals surface area contributed by atoms with Crippen LogP contribution in [-0.2, 0) is 0 Å². The molecular weight excluding hydrogens is 189 g/mol. The molecule has 1 atom stereocenters. The first-order valence-electron chi connectivity index (χ1n) is 5.73. The predicted octanol–water partition coefficient (Wildman–Crippen LogP) is 3.67. The van der Waals surface area contributed by atoms with E-state index >= 15 is 0 Å². The molecule has 1 rings (SSSR count). The van der Waals surface area contributed by atoms with Crippen molar-refractivity contribution in [1.29, 1.82) is 0 Å². The number of benzene rings is 1. The van der Waals surface area contributed by atoms with Gasteiger partial charge in [0.25, 0.3) is 0 Å². The Morgan fingerprint density at radius 2 is 2.00 bits per heavy atom. The second-order valence-corrected chi connectivity index (χ2v) is 3.90. The van der Waals surface area contributed by atoms with Crippen LogP contribution in [0.3, 0.4) is 0 Å².